The van der Waals surface area contributed by atoms with Crippen LogP contribution in [-0.4, -0.2) is 76.4 Å². The van der Waals surface area contributed by atoms with Gasteiger partial charge in [0.2, 0.25) is 5.78 Å². The maximum atomic E-state index is 13.8. The number of carboxylic acids is 1. The Morgan fingerprint density at radius 2 is 0.983 bits per heavy atom. The predicted octanol–water partition coefficient (Wildman–Crippen LogP) is 4.53. The zero-order valence-corrected chi connectivity index (χ0v) is 29.7. The van der Waals surface area contributed by atoms with E-state index in [0.717, 1.165) is 36.4 Å². The lowest BCUT2D eigenvalue weighted by atomic mass is 9.80. The summed E-state index contributed by atoms with van der Waals surface area (Å²) in [6.07, 6.45) is -8.27. The van der Waals surface area contributed by atoms with Gasteiger partial charge in [-0.25, -0.2) is 39.9 Å². The maximum Gasteiger partial charge on any atom is 0.488 e. The molecule has 0 aliphatic rings. The van der Waals surface area contributed by atoms with E-state index in [1.54, 1.807) is 66.7 Å². The average molecular weight is 820 g/mol. The number of amides is 1. The number of carbonyl (C=O) groups is 3. The van der Waals surface area contributed by atoms with E-state index in [1.807, 2.05) is 0 Å². The molecule has 0 saturated heterocycles. The van der Waals surface area contributed by atoms with Gasteiger partial charge in [0.05, 0.1) is 17.2 Å². The molecule has 0 bridgehead atoms. The van der Waals surface area contributed by atoms with E-state index in [9.17, 15) is 49.5 Å². The topological polar surface area (TPSA) is 190 Å². The number of hydrogen-bond donors (Lipinski definition) is 7. The van der Waals surface area contributed by atoms with E-state index in [2.05, 4.69) is 5.32 Å². The van der Waals surface area contributed by atoms with E-state index in [-0.39, 0.29) is 22.1 Å². The van der Waals surface area contributed by atoms with Gasteiger partial charge in [-0.3, -0.25) is 9.59 Å². The van der Waals surface area contributed by atoms with Crippen LogP contribution >= 0.6 is 0 Å². The zero-order valence-electron chi connectivity index (χ0n) is 29.7. The predicted molar refractivity (Wildman–Crippen MR) is 198 cm³/mol. The van der Waals surface area contributed by atoms with E-state index in [4.69, 9.17) is 30.9 Å². The summed E-state index contributed by atoms with van der Waals surface area (Å²) < 4.78 is 101. The highest BCUT2D eigenvalue weighted by Gasteiger charge is 2.26. The molecule has 0 aliphatic carbocycles. The molecular weight excluding hydrogens is 786 g/mol. The standard InChI is InChI=1S/C15H13BF3NO3.C8H9F2N.C8H6F2O.C7H6BFO4/c17-12-8-10(16(22)23)6-7-11(12)15(21)20-13(14(18)19)9-4-2-1-3-5-9;2*9-8(10)7(11)6-4-2-1-3-5-6;9-6-3-4(8(12)13)1-2-5(6)7(10)11/h1-8,13-14,22-23H,(H,20,21);1-5,7-8H,11H2;1-5,8H;1-3,12-13H,(H,10,11). The Bertz CT molecular complexity index is 2040. The summed E-state index contributed by atoms with van der Waals surface area (Å²) in [5.41, 5.74) is 4.73. The van der Waals surface area contributed by atoms with Crippen LogP contribution < -0.4 is 22.0 Å². The van der Waals surface area contributed by atoms with Crippen LogP contribution in [0.3, 0.4) is 0 Å². The van der Waals surface area contributed by atoms with Crippen LogP contribution in [0.4, 0.5) is 35.1 Å². The first-order valence-corrected chi connectivity index (χ1v) is 16.5. The first kappa shape index (κ1) is 48.2. The molecule has 0 aromatic heterocycles. The molecule has 1 amide bonds. The minimum Gasteiger partial charge on any atom is -0.478 e. The third-order valence-corrected chi connectivity index (χ3v) is 7.47. The smallest absolute Gasteiger partial charge is 0.478 e. The molecule has 0 radical (unpaired) electrons. The van der Waals surface area contributed by atoms with Crippen LogP contribution in [0.5, 0.6) is 0 Å². The number of ketones is 1. The lowest BCUT2D eigenvalue weighted by molar-refractivity contribution is 0.0677. The van der Waals surface area contributed by atoms with Crippen molar-refractivity contribution in [3.63, 3.8) is 0 Å². The van der Waals surface area contributed by atoms with Gasteiger partial charge in [-0.2, -0.15) is 0 Å². The summed E-state index contributed by atoms with van der Waals surface area (Å²) in [5, 5.41) is 45.6. The van der Waals surface area contributed by atoms with Crippen molar-refractivity contribution in [3.05, 3.63) is 167 Å². The maximum absolute atomic E-state index is 13.8. The molecule has 306 valence electrons. The molecule has 5 aromatic carbocycles. The number of nitrogens with two attached hydrogens (primary N) is 1. The van der Waals surface area contributed by atoms with Crippen molar-refractivity contribution in [2.75, 3.05) is 0 Å². The number of alkyl halides is 6. The average Bonchev–Trinajstić information content (AvgIpc) is 3.20. The van der Waals surface area contributed by atoms with Gasteiger partial charge in [-0.15, -0.1) is 0 Å². The lowest BCUT2D eigenvalue weighted by Crippen LogP contribution is -2.35. The highest BCUT2D eigenvalue weighted by molar-refractivity contribution is 6.59. The molecule has 20 heteroatoms. The van der Waals surface area contributed by atoms with Crippen molar-refractivity contribution >= 4 is 42.8 Å². The monoisotopic (exact) mass is 820 g/mol. The Labute approximate surface area is 326 Å². The van der Waals surface area contributed by atoms with Crippen molar-refractivity contribution in [3.8, 4) is 0 Å². The Hall–Kier alpha value is -5.92. The van der Waals surface area contributed by atoms with Gasteiger partial charge in [0, 0.05) is 5.56 Å². The molecule has 10 nitrogen and oxygen atoms in total. The second-order valence-corrected chi connectivity index (χ2v) is 11.5. The third-order valence-electron chi connectivity index (χ3n) is 7.47. The molecule has 8 N–H and O–H groups in total. The Morgan fingerprint density at radius 3 is 1.34 bits per heavy atom. The minimum absolute atomic E-state index is 0.0579. The number of halogens is 8. The van der Waals surface area contributed by atoms with Crippen LogP contribution in [0, 0.1) is 11.6 Å². The fourth-order valence-corrected chi connectivity index (χ4v) is 4.46. The second-order valence-electron chi connectivity index (χ2n) is 11.5. The molecule has 5 rings (SSSR count). The van der Waals surface area contributed by atoms with Crippen molar-refractivity contribution in [2.45, 2.75) is 31.4 Å². The van der Waals surface area contributed by atoms with Gasteiger partial charge in [-0.1, -0.05) is 103 Å². The van der Waals surface area contributed by atoms with Gasteiger partial charge < -0.3 is 36.3 Å². The third kappa shape index (κ3) is 15.5. The van der Waals surface area contributed by atoms with Crippen LogP contribution in [0.15, 0.2) is 127 Å². The normalized spacial score (nSPS) is 11.4. The summed E-state index contributed by atoms with van der Waals surface area (Å²) in [7, 11) is -3.68. The van der Waals surface area contributed by atoms with E-state index in [0.29, 0.717) is 5.56 Å². The van der Waals surface area contributed by atoms with E-state index >= 15 is 0 Å². The lowest BCUT2D eigenvalue weighted by Gasteiger charge is -2.18. The number of nitrogens with one attached hydrogen (secondary N) is 1. The minimum atomic E-state index is -2.91. The second kappa shape index (κ2) is 24.0. The summed E-state index contributed by atoms with van der Waals surface area (Å²) in [6.45, 7) is 0. The van der Waals surface area contributed by atoms with Crippen molar-refractivity contribution < 1.29 is 74.7 Å². The van der Waals surface area contributed by atoms with Crippen LogP contribution in [0.1, 0.15) is 54.3 Å². The van der Waals surface area contributed by atoms with Crippen LogP contribution in [0.25, 0.3) is 0 Å². The highest BCUT2D eigenvalue weighted by atomic mass is 19.3. The molecular formula is C38H34B2F8N2O8. The summed E-state index contributed by atoms with van der Waals surface area (Å²) >= 11 is 0. The fourth-order valence-electron chi connectivity index (χ4n) is 4.46. The quantitative estimate of drug-likeness (QED) is 0.0571. The molecule has 0 aliphatic heterocycles. The van der Waals surface area contributed by atoms with Crippen molar-refractivity contribution in [2.24, 2.45) is 5.73 Å². The van der Waals surface area contributed by atoms with Gasteiger partial charge in [0.15, 0.2) is 0 Å². The number of hydrogen-bond acceptors (Lipinski definition) is 8. The number of benzene rings is 5. The van der Waals surface area contributed by atoms with Crippen molar-refractivity contribution in [1.82, 2.24) is 5.32 Å². The molecule has 0 saturated carbocycles. The van der Waals surface area contributed by atoms with Gasteiger partial charge >= 0.3 is 26.6 Å². The summed E-state index contributed by atoms with van der Waals surface area (Å²) in [6, 6.07) is 26.5. The van der Waals surface area contributed by atoms with Crippen LogP contribution in [-0.2, 0) is 0 Å². The molecule has 5 aromatic rings. The first-order chi connectivity index (χ1) is 27.3. The molecule has 2 unspecified atom stereocenters. The summed E-state index contributed by atoms with van der Waals surface area (Å²) in [4.78, 5) is 33.0. The Morgan fingerprint density at radius 1 is 0.569 bits per heavy atom. The Kier molecular flexibility index (Phi) is 19.9. The molecule has 2 atom stereocenters. The zero-order chi connectivity index (χ0) is 43.5. The van der Waals surface area contributed by atoms with Crippen molar-refractivity contribution in [1.29, 1.82) is 0 Å². The molecule has 58 heavy (non-hydrogen) atoms. The van der Waals surface area contributed by atoms with E-state index in [1.165, 1.54) is 24.3 Å². The summed E-state index contributed by atoms with van der Waals surface area (Å²) in [5.74, 6) is -5.55. The Balaban J connectivity index is 0.000000284. The number of carboxylic acid groups (broad SMARTS) is 1. The largest absolute Gasteiger partial charge is 0.488 e. The fraction of sp³-hybridized carbons (Fsp3) is 0.132. The van der Waals surface area contributed by atoms with E-state index < -0.39 is 86.0 Å². The highest BCUT2D eigenvalue weighted by Crippen LogP contribution is 2.21. The number of aromatic carboxylic acids is 1. The van der Waals surface area contributed by atoms with Crippen LogP contribution in [0.2, 0.25) is 0 Å². The molecule has 0 spiro atoms. The number of carbonyl (C=O) groups excluding carboxylic acids is 2. The number of rotatable bonds is 11. The van der Waals surface area contributed by atoms with Gasteiger partial charge in [0.25, 0.3) is 18.8 Å². The molecule has 0 fully saturated rings. The number of Topliss-reactive ketones (excluding diaryl/α,β-unsaturated/α-hetero) is 1. The molecule has 0 heterocycles. The van der Waals surface area contributed by atoms with Gasteiger partial charge in [-0.05, 0) is 46.3 Å². The van der Waals surface area contributed by atoms with Gasteiger partial charge in [0.1, 0.15) is 17.7 Å². The first-order valence-electron chi connectivity index (χ1n) is 16.5. The SMILES string of the molecule is NC(c1ccccc1)C(F)F.O=C(NC(c1ccccc1)C(F)F)c1ccc(B(O)O)cc1F.O=C(O)c1ccc(B(O)O)cc1F.O=C(c1ccccc1)C(F)F.